The Kier molecular flexibility index (Phi) is 2.94. The van der Waals surface area contributed by atoms with Crippen molar-refractivity contribution in [1.82, 2.24) is 0 Å². The molecule has 0 aromatic heterocycles. The van der Waals surface area contributed by atoms with Gasteiger partial charge in [-0.3, -0.25) is 0 Å². The highest BCUT2D eigenvalue weighted by molar-refractivity contribution is 5.60. The van der Waals surface area contributed by atoms with E-state index in [0.29, 0.717) is 5.92 Å². The lowest BCUT2D eigenvalue weighted by Gasteiger charge is -2.42. The Morgan fingerprint density at radius 1 is 1.21 bits per heavy atom. The minimum absolute atomic E-state index is 0.0728. The van der Waals surface area contributed by atoms with Crippen molar-refractivity contribution < 1.29 is 4.79 Å². The molecule has 1 nitrogen and oxygen atoms in total. The molecule has 2 saturated carbocycles. The second-order valence-corrected chi connectivity index (χ2v) is 5.50. The van der Waals surface area contributed by atoms with Gasteiger partial charge in [0, 0.05) is 5.41 Å². The average Bonchev–Trinajstić information content (AvgIpc) is 2.15. The summed E-state index contributed by atoms with van der Waals surface area (Å²) in [5.41, 5.74) is 0.0728. The van der Waals surface area contributed by atoms with Crippen molar-refractivity contribution in [3.8, 4) is 0 Å². The van der Waals surface area contributed by atoms with E-state index in [1.165, 1.54) is 51.2 Å². The minimum atomic E-state index is 0.0728. The van der Waals surface area contributed by atoms with Gasteiger partial charge in [0.25, 0.3) is 0 Å². The van der Waals surface area contributed by atoms with E-state index in [1.807, 2.05) is 0 Å². The summed E-state index contributed by atoms with van der Waals surface area (Å²) < 4.78 is 0. The molecule has 2 aliphatic rings. The molecule has 0 saturated heterocycles. The number of hydrogen-bond donors (Lipinski definition) is 0. The minimum Gasteiger partial charge on any atom is -0.303 e. The largest absolute Gasteiger partial charge is 0.303 e. The molecule has 2 rings (SSSR count). The lowest BCUT2D eigenvalue weighted by molar-refractivity contribution is -0.122. The van der Waals surface area contributed by atoms with Gasteiger partial charge in [-0.25, -0.2) is 0 Å². The van der Waals surface area contributed by atoms with Gasteiger partial charge in [-0.2, -0.15) is 0 Å². The van der Waals surface area contributed by atoms with Crippen molar-refractivity contribution in [2.45, 2.75) is 58.3 Å². The van der Waals surface area contributed by atoms with Gasteiger partial charge in [0.05, 0.1) is 0 Å². The molecule has 2 aliphatic carbocycles. The zero-order valence-electron chi connectivity index (χ0n) is 9.30. The van der Waals surface area contributed by atoms with E-state index in [-0.39, 0.29) is 5.41 Å². The Morgan fingerprint density at radius 3 is 2.50 bits per heavy atom. The van der Waals surface area contributed by atoms with Gasteiger partial charge >= 0.3 is 0 Å². The molecule has 80 valence electrons. The van der Waals surface area contributed by atoms with E-state index in [2.05, 4.69) is 6.92 Å². The van der Waals surface area contributed by atoms with Gasteiger partial charge in [-0.15, -0.1) is 0 Å². The first-order valence-electron chi connectivity index (χ1n) is 6.23. The fourth-order valence-electron chi connectivity index (χ4n) is 3.20. The first kappa shape index (κ1) is 10.2. The van der Waals surface area contributed by atoms with Gasteiger partial charge in [0.15, 0.2) is 0 Å². The van der Waals surface area contributed by atoms with Crippen molar-refractivity contribution in [1.29, 1.82) is 0 Å². The molecule has 0 bridgehead atoms. The van der Waals surface area contributed by atoms with Crippen LogP contribution in [0.25, 0.3) is 0 Å². The van der Waals surface area contributed by atoms with Crippen LogP contribution in [0, 0.1) is 17.3 Å². The van der Waals surface area contributed by atoms with Crippen LogP contribution >= 0.6 is 0 Å². The van der Waals surface area contributed by atoms with E-state index < -0.39 is 0 Å². The maximum absolute atomic E-state index is 11.4. The van der Waals surface area contributed by atoms with Crippen LogP contribution in [-0.4, -0.2) is 6.29 Å². The van der Waals surface area contributed by atoms with E-state index in [4.69, 9.17) is 0 Å². The third-order valence-electron chi connectivity index (χ3n) is 4.64. The zero-order chi connectivity index (χ0) is 10.0. The van der Waals surface area contributed by atoms with Gasteiger partial charge in [-0.05, 0) is 31.1 Å². The van der Waals surface area contributed by atoms with Crippen LogP contribution in [0.5, 0.6) is 0 Å². The quantitative estimate of drug-likeness (QED) is 0.628. The van der Waals surface area contributed by atoms with Crippen LogP contribution in [0.4, 0.5) is 0 Å². The lowest BCUT2D eigenvalue weighted by atomic mass is 9.61. The zero-order valence-corrected chi connectivity index (χ0v) is 9.30. The monoisotopic (exact) mass is 194 g/mol. The highest BCUT2D eigenvalue weighted by atomic mass is 16.1. The molecule has 0 spiro atoms. The molecule has 1 heteroatoms. The molecule has 2 fully saturated rings. The predicted octanol–water partition coefficient (Wildman–Crippen LogP) is 3.57. The molecular formula is C13H22O. The van der Waals surface area contributed by atoms with Crippen LogP contribution in [0.1, 0.15) is 58.3 Å². The average molecular weight is 194 g/mol. The van der Waals surface area contributed by atoms with Crippen LogP contribution < -0.4 is 0 Å². The van der Waals surface area contributed by atoms with Gasteiger partial charge in [0.1, 0.15) is 6.29 Å². The molecule has 0 heterocycles. The van der Waals surface area contributed by atoms with Crippen molar-refractivity contribution in [3.05, 3.63) is 0 Å². The molecule has 2 atom stereocenters. The molecular weight excluding hydrogens is 172 g/mol. The Bertz CT molecular complexity index is 207. The number of rotatable bonds is 3. The standard InChI is InChI=1S/C13H22O/c1-11-5-2-3-8-13(11,10-14)9-12-6-4-7-12/h10-12H,2-9H2,1H3. The SMILES string of the molecule is CC1CCCCC1(C=O)CC1CCC1. The summed E-state index contributed by atoms with van der Waals surface area (Å²) >= 11 is 0. The summed E-state index contributed by atoms with van der Waals surface area (Å²) in [6, 6.07) is 0. The molecule has 0 N–H and O–H groups in total. The second-order valence-electron chi connectivity index (χ2n) is 5.50. The molecule has 0 amide bonds. The number of carbonyl (C=O) groups excluding carboxylic acids is 1. The van der Waals surface area contributed by atoms with Gasteiger partial charge in [0.2, 0.25) is 0 Å². The smallest absolute Gasteiger partial charge is 0.126 e. The van der Waals surface area contributed by atoms with Crippen LogP contribution in [-0.2, 0) is 4.79 Å². The van der Waals surface area contributed by atoms with Crippen molar-refractivity contribution >= 4 is 6.29 Å². The summed E-state index contributed by atoms with van der Waals surface area (Å²) in [6.45, 7) is 2.28. The fraction of sp³-hybridized carbons (Fsp3) is 0.923. The first-order chi connectivity index (χ1) is 6.77. The third-order valence-corrected chi connectivity index (χ3v) is 4.64. The van der Waals surface area contributed by atoms with E-state index in [1.54, 1.807) is 0 Å². The third kappa shape index (κ3) is 1.74. The molecule has 14 heavy (non-hydrogen) atoms. The topological polar surface area (TPSA) is 17.1 Å². The number of aldehydes is 1. The predicted molar refractivity (Wildman–Crippen MR) is 58.1 cm³/mol. The summed E-state index contributed by atoms with van der Waals surface area (Å²) in [5.74, 6) is 1.51. The van der Waals surface area contributed by atoms with Crippen molar-refractivity contribution in [3.63, 3.8) is 0 Å². The number of hydrogen-bond acceptors (Lipinski definition) is 1. The second kappa shape index (κ2) is 4.04. The fourth-order valence-corrected chi connectivity index (χ4v) is 3.20. The Balaban J connectivity index is 2.01. The van der Waals surface area contributed by atoms with Crippen molar-refractivity contribution in [2.24, 2.45) is 17.3 Å². The maximum Gasteiger partial charge on any atom is 0.126 e. The molecule has 0 aromatic carbocycles. The summed E-state index contributed by atoms with van der Waals surface area (Å²) in [6.07, 6.45) is 11.7. The summed E-state index contributed by atoms with van der Waals surface area (Å²) in [7, 11) is 0. The normalized spacial score (nSPS) is 39.1. The van der Waals surface area contributed by atoms with E-state index >= 15 is 0 Å². The van der Waals surface area contributed by atoms with Crippen molar-refractivity contribution in [2.75, 3.05) is 0 Å². The number of carbonyl (C=O) groups is 1. The molecule has 0 aliphatic heterocycles. The van der Waals surface area contributed by atoms with Gasteiger partial charge in [-0.1, -0.05) is 39.0 Å². The van der Waals surface area contributed by atoms with Crippen LogP contribution in [0.2, 0.25) is 0 Å². The molecule has 0 aromatic rings. The maximum atomic E-state index is 11.4. The Hall–Kier alpha value is -0.330. The van der Waals surface area contributed by atoms with Crippen LogP contribution in [0.15, 0.2) is 0 Å². The van der Waals surface area contributed by atoms with E-state index in [9.17, 15) is 4.79 Å². The molecule has 2 unspecified atom stereocenters. The Labute approximate surface area is 87.3 Å². The Morgan fingerprint density at radius 2 is 2.00 bits per heavy atom. The molecule has 0 radical (unpaired) electrons. The first-order valence-corrected chi connectivity index (χ1v) is 6.23. The lowest BCUT2D eigenvalue weighted by Crippen LogP contribution is -2.37. The van der Waals surface area contributed by atoms with Gasteiger partial charge < -0.3 is 4.79 Å². The summed E-state index contributed by atoms with van der Waals surface area (Å²) in [4.78, 5) is 11.4. The summed E-state index contributed by atoms with van der Waals surface area (Å²) in [5, 5.41) is 0. The highest BCUT2D eigenvalue weighted by Crippen LogP contribution is 2.47. The van der Waals surface area contributed by atoms with E-state index in [0.717, 1.165) is 12.3 Å². The van der Waals surface area contributed by atoms with Crippen LogP contribution in [0.3, 0.4) is 0 Å². The highest BCUT2D eigenvalue weighted by Gasteiger charge is 2.40.